The maximum Gasteiger partial charge on any atom is 0.361 e. The Hall–Kier alpha value is -5.87. The van der Waals surface area contributed by atoms with Crippen LogP contribution in [-0.2, 0) is 33.3 Å². The van der Waals surface area contributed by atoms with Gasteiger partial charge in [0.1, 0.15) is 13.2 Å². The third kappa shape index (κ3) is 69.5. The number of carboxylic acid groups (broad SMARTS) is 1. The van der Waals surface area contributed by atoms with Gasteiger partial charge >= 0.3 is 17.9 Å². The Morgan fingerprint density at radius 1 is 0.337 bits per heavy atom. The average molecular weight is 1230 g/mol. The van der Waals surface area contributed by atoms with E-state index in [1.165, 1.54) is 38.5 Å². The summed E-state index contributed by atoms with van der Waals surface area (Å²) in [5, 5.41) is 9.74. The molecule has 0 saturated heterocycles. The van der Waals surface area contributed by atoms with Gasteiger partial charge in [-0.3, -0.25) is 9.59 Å². The molecule has 0 aromatic rings. The molecule has 498 valence electrons. The van der Waals surface area contributed by atoms with Gasteiger partial charge in [-0.05, 0) is 141 Å². The highest BCUT2D eigenvalue weighted by Gasteiger charge is 2.25. The summed E-state index contributed by atoms with van der Waals surface area (Å²) in [7, 11) is 5.95. The van der Waals surface area contributed by atoms with Gasteiger partial charge in [-0.2, -0.15) is 0 Å². The number of hydrogen-bond acceptors (Lipinski definition) is 7. The van der Waals surface area contributed by atoms with Crippen LogP contribution in [0.1, 0.15) is 232 Å². The third-order valence-electron chi connectivity index (χ3n) is 13.8. The number of carbonyl (C=O) groups is 3. The first-order valence-corrected chi connectivity index (χ1v) is 34.6. The second kappa shape index (κ2) is 68.0. The highest BCUT2D eigenvalue weighted by Crippen LogP contribution is 2.15. The van der Waals surface area contributed by atoms with Gasteiger partial charge in [0.2, 0.25) is 0 Å². The molecule has 0 aliphatic carbocycles. The molecule has 0 fully saturated rings. The fraction of sp³-hybridized carbons (Fsp3) is 0.562. The molecule has 0 amide bonds. The van der Waals surface area contributed by atoms with Gasteiger partial charge in [-0.1, -0.05) is 272 Å². The zero-order valence-electron chi connectivity index (χ0n) is 56.8. The monoisotopic (exact) mass is 1230 g/mol. The van der Waals surface area contributed by atoms with Gasteiger partial charge in [0.05, 0.1) is 34.4 Å². The Balaban J connectivity index is 4.22. The summed E-state index contributed by atoms with van der Waals surface area (Å²) < 4.78 is 22.9. The van der Waals surface area contributed by atoms with Gasteiger partial charge < -0.3 is 28.5 Å². The van der Waals surface area contributed by atoms with Gasteiger partial charge in [-0.15, -0.1) is 0 Å². The second-order valence-electron chi connectivity index (χ2n) is 23.4. The molecule has 2 atom stereocenters. The number of likely N-dealkylation sites (N-methyl/N-ethyl adjacent to an activating group) is 1. The average Bonchev–Trinajstić information content (AvgIpc) is 3.64. The Kier molecular flexibility index (Phi) is 63.6. The van der Waals surface area contributed by atoms with Crippen LogP contribution in [0.5, 0.6) is 0 Å². The largest absolute Gasteiger partial charge is 0.477 e. The predicted molar refractivity (Wildman–Crippen MR) is 382 cm³/mol. The number of allylic oxidation sites excluding steroid dienone is 32. The van der Waals surface area contributed by atoms with E-state index in [-0.39, 0.29) is 38.6 Å². The number of esters is 2. The normalized spacial score (nSPS) is 13.9. The molecule has 0 aromatic heterocycles. The van der Waals surface area contributed by atoms with Crippen molar-refractivity contribution in [3.05, 3.63) is 194 Å². The van der Waals surface area contributed by atoms with E-state index in [1.54, 1.807) is 0 Å². The van der Waals surface area contributed by atoms with Gasteiger partial charge in [0.15, 0.2) is 6.10 Å². The number of carboxylic acids is 1. The number of nitrogens with zero attached hydrogens (tertiary/aromatic N) is 1. The molecule has 9 heteroatoms. The van der Waals surface area contributed by atoms with Crippen LogP contribution < -0.4 is 0 Å². The quantitative estimate of drug-likeness (QED) is 0.0211. The number of unbranched alkanes of at least 4 members (excludes halogenated alkanes) is 14. The van der Waals surface area contributed by atoms with Crippen LogP contribution in [0.3, 0.4) is 0 Å². The number of aliphatic carboxylic acids is 1. The van der Waals surface area contributed by atoms with Gasteiger partial charge in [0, 0.05) is 12.8 Å². The van der Waals surface area contributed by atoms with Crippen LogP contribution in [-0.4, -0.2) is 87.4 Å². The third-order valence-corrected chi connectivity index (χ3v) is 13.8. The zero-order valence-corrected chi connectivity index (χ0v) is 56.8. The number of quaternary nitrogens is 1. The summed E-state index contributed by atoms with van der Waals surface area (Å²) in [6, 6.07) is 0. The Labute approximate surface area is 544 Å². The minimum atomic E-state index is -1.53. The first kappa shape index (κ1) is 83.1. The molecule has 2 unspecified atom stereocenters. The molecule has 0 spiro atoms. The Bertz CT molecular complexity index is 2160. The lowest BCUT2D eigenvalue weighted by molar-refractivity contribution is -0.870. The fourth-order valence-corrected chi connectivity index (χ4v) is 8.63. The van der Waals surface area contributed by atoms with E-state index in [0.717, 1.165) is 154 Å². The maximum absolute atomic E-state index is 12.9. The number of rotatable bonds is 61. The van der Waals surface area contributed by atoms with Crippen molar-refractivity contribution >= 4 is 17.9 Å². The topological polar surface area (TPSA) is 108 Å². The Morgan fingerprint density at radius 3 is 0.899 bits per heavy atom. The lowest BCUT2D eigenvalue weighted by Crippen LogP contribution is -2.40. The molecule has 0 heterocycles. The van der Waals surface area contributed by atoms with Crippen LogP contribution in [0.25, 0.3) is 0 Å². The van der Waals surface area contributed by atoms with Crippen molar-refractivity contribution in [2.24, 2.45) is 0 Å². The van der Waals surface area contributed by atoms with Crippen molar-refractivity contribution in [3.63, 3.8) is 0 Å². The molecule has 0 rings (SSSR count). The molecule has 0 radical (unpaired) electrons. The molecule has 0 aromatic carbocycles. The van der Waals surface area contributed by atoms with E-state index in [9.17, 15) is 19.5 Å². The van der Waals surface area contributed by atoms with Crippen molar-refractivity contribution in [1.29, 1.82) is 0 Å². The molecular weight excluding hydrogens is 1100 g/mol. The minimum absolute atomic E-state index is 0.172. The lowest BCUT2D eigenvalue weighted by atomic mass is 10.0. The van der Waals surface area contributed by atoms with E-state index < -0.39 is 24.3 Å². The summed E-state index contributed by atoms with van der Waals surface area (Å²) in [4.78, 5) is 37.6. The van der Waals surface area contributed by atoms with Crippen molar-refractivity contribution in [3.8, 4) is 0 Å². The zero-order chi connectivity index (χ0) is 64.7. The molecule has 89 heavy (non-hydrogen) atoms. The predicted octanol–water partition coefficient (Wildman–Crippen LogP) is 21.8. The summed E-state index contributed by atoms with van der Waals surface area (Å²) in [6.07, 6.45) is 102. The van der Waals surface area contributed by atoms with Crippen LogP contribution in [0.15, 0.2) is 194 Å². The van der Waals surface area contributed by atoms with E-state index in [0.29, 0.717) is 23.9 Å². The first-order valence-electron chi connectivity index (χ1n) is 34.6. The van der Waals surface area contributed by atoms with E-state index in [1.807, 2.05) is 21.1 Å². The summed E-state index contributed by atoms with van der Waals surface area (Å²) in [5.41, 5.74) is 0. The Morgan fingerprint density at radius 2 is 0.607 bits per heavy atom. The van der Waals surface area contributed by atoms with Gasteiger partial charge in [0.25, 0.3) is 6.29 Å². The standard InChI is InChI=1S/C80H125NO8/c1-6-8-10-12-14-16-18-20-22-24-26-28-30-31-32-33-34-35-36-37-38-39-40-41-42-43-44-45-46-47-49-51-53-55-57-59-61-63-65-67-69-71-78(83)89-76(75-88-80(79(84)85)86-73-72-81(3,4)5)74-87-77(82)70-68-66-64-62-60-58-56-54-52-50-48-29-27-25-23-21-19-17-15-13-11-9-7-2/h8-11,14-17,20-23,26-29,31-32,34-35,37-38,40-41,43-44,46-47,50,52,56,58,76,80H,6-7,12-13,18-19,24-25,30,33,36,39,42,45,48-49,51,53-55,57,59-75H2,1-5H3/p+1/b10-8-,11-9-,16-14-,17-15-,22-20-,23-21-,28-26-,29-27-,32-31-,35-34-,38-37-,41-40-,44-43-,47-46-,52-50-,58-56-. The highest BCUT2D eigenvalue weighted by atomic mass is 16.7. The van der Waals surface area contributed by atoms with Crippen LogP contribution in [0.4, 0.5) is 0 Å². The number of carbonyl (C=O) groups excluding carboxylic acids is 2. The summed E-state index contributed by atoms with van der Waals surface area (Å²) in [5.74, 6) is -2.07. The van der Waals surface area contributed by atoms with E-state index >= 15 is 0 Å². The first-order chi connectivity index (χ1) is 43.6. The van der Waals surface area contributed by atoms with Crippen molar-refractivity contribution < 1.29 is 42.9 Å². The second-order valence-corrected chi connectivity index (χ2v) is 23.4. The smallest absolute Gasteiger partial charge is 0.361 e. The molecule has 0 aliphatic rings. The number of hydrogen-bond donors (Lipinski definition) is 1. The van der Waals surface area contributed by atoms with Crippen molar-refractivity contribution in [2.75, 3.05) is 47.5 Å². The lowest BCUT2D eigenvalue weighted by Gasteiger charge is -2.25. The summed E-state index contributed by atoms with van der Waals surface area (Å²) >= 11 is 0. The van der Waals surface area contributed by atoms with Crippen LogP contribution in [0.2, 0.25) is 0 Å². The molecule has 0 saturated carbocycles. The SMILES string of the molecule is CC/C=C\C/C=C\C/C=C\C/C=C\C/C=C\C/C=C\C/C=C\C/C=C\C/C=C\C/C=C\CCCCCCCCCCCCC(=O)OC(COC(=O)CCCCCC/C=C\C/C=C\C/C=C\C/C=C\C/C=C\C/C=C\CC)COC(OCC[N+](C)(C)C)C(=O)O. The van der Waals surface area contributed by atoms with Gasteiger partial charge in [-0.25, -0.2) is 4.79 Å². The van der Waals surface area contributed by atoms with Crippen molar-refractivity contribution in [2.45, 2.75) is 245 Å². The van der Waals surface area contributed by atoms with Crippen molar-refractivity contribution in [1.82, 2.24) is 0 Å². The number of ether oxygens (including phenoxy) is 4. The fourth-order valence-electron chi connectivity index (χ4n) is 8.63. The molecule has 1 N–H and O–H groups in total. The summed E-state index contributed by atoms with van der Waals surface area (Å²) in [6.45, 7) is 4.59. The molecular formula is C80H126NO8+. The molecule has 9 nitrogen and oxygen atoms in total. The van der Waals surface area contributed by atoms with Crippen LogP contribution in [0, 0.1) is 0 Å². The van der Waals surface area contributed by atoms with E-state index in [2.05, 4.69) is 208 Å². The van der Waals surface area contributed by atoms with Crippen LogP contribution >= 0.6 is 0 Å². The van der Waals surface area contributed by atoms with E-state index in [4.69, 9.17) is 18.9 Å². The molecule has 0 bridgehead atoms. The minimum Gasteiger partial charge on any atom is -0.477 e. The highest BCUT2D eigenvalue weighted by molar-refractivity contribution is 5.71. The molecule has 0 aliphatic heterocycles. The maximum atomic E-state index is 12.9.